The standard InChI is InChI=1S/C21H22N2O3S/c1-13-8-11-27-19(13)20(24)22-9-6-15(7-10-22)23-18-16-5-3-2-4-14(16)12-17(18)26-21(23)25/h2-5,8,11,15,17-18H,6-7,9-10,12H2,1H3/t17-,18+/m1/s1. The fourth-order valence-corrected chi connectivity index (χ4v) is 5.63. The van der Waals surface area contributed by atoms with Crippen molar-refractivity contribution >= 4 is 23.3 Å². The molecular weight excluding hydrogens is 360 g/mol. The summed E-state index contributed by atoms with van der Waals surface area (Å²) >= 11 is 1.51. The summed E-state index contributed by atoms with van der Waals surface area (Å²) in [5.74, 6) is 0.119. The summed E-state index contributed by atoms with van der Waals surface area (Å²) < 4.78 is 5.69. The second kappa shape index (κ2) is 6.37. The van der Waals surface area contributed by atoms with Gasteiger partial charge in [0.05, 0.1) is 10.9 Å². The maximum Gasteiger partial charge on any atom is 0.411 e. The largest absolute Gasteiger partial charge is 0.443 e. The van der Waals surface area contributed by atoms with Crippen molar-refractivity contribution in [3.8, 4) is 0 Å². The average molecular weight is 382 g/mol. The van der Waals surface area contributed by atoms with E-state index >= 15 is 0 Å². The number of fused-ring (bicyclic) bond motifs is 3. The van der Waals surface area contributed by atoms with Crippen molar-refractivity contribution in [2.45, 2.75) is 44.4 Å². The van der Waals surface area contributed by atoms with E-state index in [0.717, 1.165) is 29.7 Å². The van der Waals surface area contributed by atoms with Gasteiger partial charge in [-0.3, -0.25) is 9.69 Å². The average Bonchev–Trinajstić information content (AvgIpc) is 3.34. The monoisotopic (exact) mass is 382 g/mol. The Labute approximate surface area is 162 Å². The minimum Gasteiger partial charge on any atom is -0.443 e. The van der Waals surface area contributed by atoms with Crippen LogP contribution in [0.15, 0.2) is 35.7 Å². The highest BCUT2D eigenvalue weighted by Gasteiger charge is 2.50. The summed E-state index contributed by atoms with van der Waals surface area (Å²) in [5, 5.41) is 1.97. The predicted octanol–water partition coefficient (Wildman–Crippen LogP) is 3.78. The number of nitrogens with zero attached hydrogens (tertiary/aromatic N) is 2. The molecule has 2 amide bonds. The Balaban J connectivity index is 1.32. The Morgan fingerprint density at radius 1 is 1.19 bits per heavy atom. The van der Waals surface area contributed by atoms with Crippen molar-refractivity contribution in [2.24, 2.45) is 0 Å². The molecule has 1 aromatic carbocycles. The van der Waals surface area contributed by atoms with Crippen LogP contribution >= 0.6 is 11.3 Å². The molecule has 2 aromatic rings. The van der Waals surface area contributed by atoms with Gasteiger partial charge in [0.2, 0.25) is 0 Å². The molecule has 0 saturated carbocycles. The van der Waals surface area contributed by atoms with E-state index in [9.17, 15) is 9.59 Å². The van der Waals surface area contributed by atoms with Crippen LogP contribution < -0.4 is 0 Å². The first-order valence-electron chi connectivity index (χ1n) is 9.53. The number of aryl methyl sites for hydroxylation is 1. The molecule has 0 N–H and O–H groups in total. The number of carbonyl (C=O) groups is 2. The van der Waals surface area contributed by atoms with Crippen molar-refractivity contribution in [1.29, 1.82) is 0 Å². The highest BCUT2D eigenvalue weighted by Crippen LogP contribution is 2.44. The molecule has 2 atom stereocenters. The van der Waals surface area contributed by atoms with Gasteiger partial charge in [-0.2, -0.15) is 0 Å². The topological polar surface area (TPSA) is 49.9 Å². The molecule has 5 nitrogen and oxygen atoms in total. The summed E-state index contributed by atoms with van der Waals surface area (Å²) in [7, 11) is 0. The van der Waals surface area contributed by atoms with Crippen LogP contribution in [0.4, 0.5) is 4.79 Å². The number of piperidine rings is 1. The number of carbonyl (C=O) groups excluding carboxylic acids is 2. The van der Waals surface area contributed by atoms with Crippen LogP contribution in [0.25, 0.3) is 0 Å². The molecule has 1 aromatic heterocycles. The first kappa shape index (κ1) is 16.8. The predicted molar refractivity (Wildman–Crippen MR) is 103 cm³/mol. The number of thiophene rings is 1. The third-order valence-corrected chi connectivity index (χ3v) is 7.12. The Hall–Kier alpha value is -2.34. The van der Waals surface area contributed by atoms with Gasteiger partial charge in [0.1, 0.15) is 6.10 Å². The first-order valence-corrected chi connectivity index (χ1v) is 10.4. The summed E-state index contributed by atoms with van der Waals surface area (Å²) in [6, 6.07) is 10.5. The van der Waals surface area contributed by atoms with Crippen LogP contribution in [0.1, 0.15) is 45.2 Å². The third kappa shape index (κ3) is 2.65. The summed E-state index contributed by atoms with van der Waals surface area (Å²) in [5.41, 5.74) is 3.55. The lowest BCUT2D eigenvalue weighted by atomic mass is 9.99. The van der Waals surface area contributed by atoms with E-state index in [1.54, 1.807) is 0 Å². The SMILES string of the molecule is Cc1ccsc1C(=O)N1CCC(N2C(=O)O[C@@H]3Cc4ccccc4[C@@H]32)CC1. The number of hydrogen-bond acceptors (Lipinski definition) is 4. The van der Waals surface area contributed by atoms with Crippen LogP contribution in [0.2, 0.25) is 0 Å². The lowest BCUT2D eigenvalue weighted by Gasteiger charge is -2.37. The van der Waals surface area contributed by atoms with Gasteiger partial charge in [0, 0.05) is 25.6 Å². The Morgan fingerprint density at radius 2 is 1.96 bits per heavy atom. The van der Waals surface area contributed by atoms with E-state index in [1.807, 2.05) is 40.3 Å². The molecule has 3 aliphatic rings. The zero-order chi connectivity index (χ0) is 18.5. The molecule has 5 rings (SSSR count). The number of ether oxygens (including phenoxy) is 1. The fourth-order valence-electron chi connectivity index (χ4n) is 4.74. The summed E-state index contributed by atoms with van der Waals surface area (Å²) in [6.07, 6.45) is 2.15. The zero-order valence-electron chi connectivity index (χ0n) is 15.3. The molecule has 3 heterocycles. The smallest absolute Gasteiger partial charge is 0.411 e. The van der Waals surface area contributed by atoms with E-state index in [4.69, 9.17) is 4.74 Å². The Kier molecular flexibility index (Phi) is 3.97. The van der Waals surface area contributed by atoms with Crippen LogP contribution in [-0.4, -0.2) is 47.0 Å². The van der Waals surface area contributed by atoms with Crippen LogP contribution in [0.5, 0.6) is 0 Å². The van der Waals surface area contributed by atoms with Crippen molar-refractivity contribution in [2.75, 3.05) is 13.1 Å². The molecule has 2 fully saturated rings. The number of amides is 2. The number of rotatable bonds is 2. The second-order valence-electron chi connectivity index (χ2n) is 7.63. The van der Waals surface area contributed by atoms with Gasteiger partial charge in [0.25, 0.3) is 5.91 Å². The van der Waals surface area contributed by atoms with E-state index in [0.29, 0.717) is 13.1 Å². The lowest BCUT2D eigenvalue weighted by molar-refractivity contribution is 0.0640. The molecule has 27 heavy (non-hydrogen) atoms. The lowest BCUT2D eigenvalue weighted by Crippen LogP contribution is -2.47. The number of likely N-dealkylation sites (tertiary alicyclic amines) is 1. The van der Waals surface area contributed by atoms with Crippen LogP contribution in [-0.2, 0) is 11.2 Å². The van der Waals surface area contributed by atoms with Crippen molar-refractivity contribution in [3.63, 3.8) is 0 Å². The van der Waals surface area contributed by atoms with E-state index in [-0.39, 0.29) is 30.2 Å². The van der Waals surface area contributed by atoms with E-state index in [2.05, 4.69) is 12.1 Å². The quantitative estimate of drug-likeness (QED) is 0.794. The highest BCUT2D eigenvalue weighted by molar-refractivity contribution is 7.12. The van der Waals surface area contributed by atoms with Crippen molar-refractivity contribution < 1.29 is 14.3 Å². The molecule has 0 spiro atoms. The van der Waals surface area contributed by atoms with Crippen LogP contribution in [0.3, 0.4) is 0 Å². The number of hydrogen-bond donors (Lipinski definition) is 0. The molecular formula is C21H22N2O3S. The molecule has 2 saturated heterocycles. The van der Waals surface area contributed by atoms with Gasteiger partial charge in [-0.1, -0.05) is 24.3 Å². The minimum absolute atomic E-state index is 0.0282. The summed E-state index contributed by atoms with van der Waals surface area (Å²) in [4.78, 5) is 30.0. The molecule has 1 aliphatic carbocycles. The molecule has 2 aliphatic heterocycles. The Bertz CT molecular complexity index is 900. The van der Waals surface area contributed by atoms with Crippen LogP contribution in [0, 0.1) is 6.92 Å². The minimum atomic E-state index is -0.196. The molecule has 0 radical (unpaired) electrons. The van der Waals surface area contributed by atoms with Gasteiger partial charge < -0.3 is 9.64 Å². The molecule has 140 valence electrons. The van der Waals surface area contributed by atoms with Gasteiger partial charge in [-0.15, -0.1) is 11.3 Å². The van der Waals surface area contributed by atoms with E-state index < -0.39 is 0 Å². The molecule has 6 heteroatoms. The second-order valence-corrected chi connectivity index (χ2v) is 8.55. The zero-order valence-corrected chi connectivity index (χ0v) is 16.1. The van der Waals surface area contributed by atoms with Gasteiger partial charge in [-0.25, -0.2) is 4.79 Å². The maximum atomic E-state index is 12.8. The maximum absolute atomic E-state index is 12.8. The Morgan fingerprint density at radius 3 is 2.70 bits per heavy atom. The highest BCUT2D eigenvalue weighted by atomic mass is 32.1. The number of benzene rings is 1. The van der Waals surface area contributed by atoms with Gasteiger partial charge in [-0.05, 0) is 47.9 Å². The third-order valence-electron chi connectivity index (χ3n) is 6.11. The van der Waals surface area contributed by atoms with Crippen molar-refractivity contribution in [1.82, 2.24) is 9.80 Å². The van der Waals surface area contributed by atoms with E-state index in [1.165, 1.54) is 22.5 Å². The van der Waals surface area contributed by atoms with Crippen molar-refractivity contribution in [3.05, 3.63) is 57.3 Å². The van der Waals surface area contributed by atoms with Gasteiger partial charge >= 0.3 is 6.09 Å². The molecule has 0 unspecified atom stereocenters. The summed E-state index contributed by atoms with van der Waals surface area (Å²) in [6.45, 7) is 3.35. The molecule has 0 bridgehead atoms. The normalized spacial score (nSPS) is 24.7. The van der Waals surface area contributed by atoms with Gasteiger partial charge in [0.15, 0.2) is 0 Å². The first-order chi connectivity index (χ1) is 13.1. The fraction of sp³-hybridized carbons (Fsp3) is 0.429.